The maximum atomic E-state index is 4.82. The molecule has 0 aliphatic carbocycles. The summed E-state index contributed by atoms with van der Waals surface area (Å²) in [6.45, 7) is 15.4. The van der Waals surface area contributed by atoms with E-state index in [9.17, 15) is 0 Å². The highest BCUT2D eigenvalue weighted by atomic mass is 32.1. The van der Waals surface area contributed by atoms with Crippen molar-refractivity contribution in [3.05, 3.63) is 10.6 Å². The fourth-order valence-electron chi connectivity index (χ4n) is 2.42. The van der Waals surface area contributed by atoms with Gasteiger partial charge in [0.2, 0.25) is 0 Å². The van der Waals surface area contributed by atoms with Gasteiger partial charge in [-0.1, -0.05) is 26.7 Å². The monoisotopic (exact) mass is 297 g/mol. The fraction of sp³-hybridized carbons (Fsp3) is 0.812. The van der Waals surface area contributed by atoms with Crippen LogP contribution in [0.25, 0.3) is 0 Å². The molecular weight excluding hydrogens is 266 g/mol. The Hall–Kier alpha value is -0.610. The Morgan fingerprint density at radius 3 is 2.45 bits per heavy atom. The molecule has 1 unspecified atom stereocenters. The van der Waals surface area contributed by atoms with E-state index in [4.69, 9.17) is 4.98 Å². The molecule has 20 heavy (non-hydrogen) atoms. The lowest BCUT2D eigenvalue weighted by Crippen LogP contribution is -2.31. The summed E-state index contributed by atoms with van der Waals surface area (Å²) < 4.78 is 0. The van der Waals surface area contributed by atoms with E-state index in [2.05, 4.69) is 51.8 Å². The molecule has 1 aromatic rings. The summed E-state index contributed by atoms with van der Waals surface area (Å²) in [5.74, 6) is 0. The van der Waals surface area contributed by atoms with Crippen LogP contribution in [0.15, 0.2) is 0 Å². The zero-order chi connectivity index (χ0) is 15.1. The Labute approximate surface area is 128 Å². The fourth-order valence-corrected chi connectivity index (χ4v) is 3.68. The van der Waals surface area contributed by atoms with E-state index in [0.717, 1.165) is 13.1 Å². The second-order valence-corrected chi connectivity index (χ2v) is 6.73. The van der Waals surface area contributed by atoms with Gasteiger partial charge in [0.1, 0.15) is 0 Å². The number of hydrogen-bond donors (Lipinski definition) is 1. The topological polar surface area (TPSA) is 28.2 Å². The van der Waals surface area contributed by atoms with Crippen LogP contribution in [0.5, 0.6) is 0 Å². The average molecular weight is 298 g/mol. The molecule has 0 aliphatic heterocycles. The molecule has 0 aromatic carbocycles. The van der Waals surface area contributed by atoms with Crippen LogP contribution in [-0.4, -0.2) is 24.1 Å². The molecule has 3 nitrogen and oxygen atoms in total. The second kappa shape index (κ2) is 8.63. The Morgan fingerprint density at radius 2 is 1.90 bits per heavy atom. The van der Waals surface area contributed by atoms with Gasteiger partial charge >= 0.3 is 0 Å². The van der Waals surface area contributed by atoms with Crippen molar-refractivity contribution in [2.45, 2.75) is 72.9 Å². The normalized spacial score (nSPS) is 12.9. The average Bonchev–Trinajstić information content (AvgIpc) is 2.76. The van der Waals surface area contributed by atoms with Crippen LogP contribution in [0.1, 0.15) is 70.5 Å². The van der Waals surface area contributed by atoms with E-state index in [0.29, 0.717) is 12.1 Å². The Morgan fingerprint density at radius 1 is 1.20 bits per heavy atom. The molecule has 0 radical (unpaired) electrons. The predicted octanol–water partition coefficient (Wildman–Crippen LogP) is 4.53. The standard InChI is InChI=1S/C16H31N3S/c1-7-9-10-11-19(12(3)4)16-18-14(6)15(20-16)13(5)17-8-2/h12-13,17H,7-11H2,1-6H3. The number of anilines is 1. The number of rotatable bonds is 9. The summed E-state index contributed by atoms with van der Waals surface area (Å²) in [7, 11) is 0. The lowest BCUT2D eigenvalue weighted by molar-refractivity contribution is 0.603. The smallest absolute Gasteiger partial charge is 0.186 e. The molecule has 0 fully saturated rings. The van der Waals surface area contributed by atoms with Crippen molar-refractivity contribution >= 4 is 16.5 Å². The first kappa shape index (κ1) is 17.4. The van der Waals surface area contributed by atoms with Gasteiger partial charge in [-0.25, -0.2) is 4.98 Å². The van der Waals surface area contributed by atoms with Crippen molar-refractivity contribution in [1.29, 1.82) is 0 Å². The molecular formula is C16H31N3S. The molecule has 4 heteroatoms. The van der Waals surface area contributed by atoms with Gasteiger partial charge < -0.3 is 10.2 Å². The second-order valence-electron chi connectivity index (χ2n) is 5.72. The summed E-state index contributed by atoms with van der Waals surface area (Å²) in [6.07, 6.45) is 3.82. The molecule has 1 N–H and O–H groups in total. The van der Waals surface area contributed by atoms with E-state index in [1.54, 1.807) is 0 Å². The van der Waals surface area contributed by atoms with E-state index >= 15 is 0 Å². The third-order valence-electron chi connectivity index (χ3n) is 3.60. The van der Waals surface area contributed by atoms with Crippen LogP contribution < -0.4 is 10.2 Å². The van der Waals surface area contributed by atoms with E-state index in [1.165, 1.54) is 35.0 Å². The van der Waals surface area contributed by atoms with Crippen LogP contribution in [-0.2, 0) is 0 Å². The number of nitrogens with one attached hydrogen (secondary N) is 1. The van der Waals surface area contributed by atoms with Crippen LogP contribution in [0, 0.1) is 6.92 Å². The SMILES string of the molecule is CCCCCN(c1nc(C)c(C(C)NCC)s1)C(C)C. The van der Waals surface area contributed by atoms with Crippen molar-refractivity contribution in [1.82, 2.24) is 10.3 Å². The Bertz CT molecular complexity index is 387. The van der Waals surface area contributed by atoms with Gasteiger partial charge in [-0.3, -0.25) is 0 Å². The minimum absolute atomic E-state index is 0.399. The van der Waals surface area contributed by atoms with Crippen molar-refractivity contribution in [2.75, 3.05) is 18.0 Å². The predicted molar refractivity (Wildman–Crippen MR) is 90.9 cm³/mol. The van der Waals surface area contributed by atoms with Gasteiger partial charge in [0.05, 0.1) is 5.69 Å². The van der Waals surface area contributed by atoms with Crippen molar-refractivity contribution in [3.8, 4) is 0 Å². The number of unbranched alkanes of at least 4 members (excludes halogenated alkanes) is 2. The Balaban J connectivity index is 2.83. The van der Waals surface area contributed by atoms with Gasteiger partial charge in [-0.2, -0.15) is 0 Å². The molecule has 1 heterocycles. The number of hydrogen-bond acceptors (Lipinski definition) is 4. The van der Waals surface area contributed by atoms with Crippen LogP contribution in [0.2, 0.25) is 0 Å². The van der Waals surface area contributed by atoms with Gasteiger partial charge in [0, 0.05) is 23.5 Å². The molecule has 0 spiro atoms. The van der Waals surface area contributed by atoms with Crippen LogP contribution in [0.4, 0.5) is 5.13 Å². The molecule has 1 atom stereocenters. The maximum absolute atomic E-state index is 4.82. The Kier molecular flexibility index (Phi) is 7.52. The lowest BCUT2D eigenvalue weighted by Gasteiger charge is -2.26. The molecule has 0 bridgehead atoms. The molecule has 0 aliphatic rings. The number of aromatic nitrogens is 1. The third kappa shape index (κ3) is 4.74. The van der Waals surface area contributed by atoms with E-state index in [1.807, 2.05) is 11.3 Å². The van der Waals surface area contributed by atoms with Gasteiger partial charge in [0.15, 0.2) is 5.13 Å². The van der Waals surface area contributed by atoms with Gasteiger partial charge in [-0.15, -0.1) is 11.3 Å². The van der Waals surface area contributed by atoms with Crippen molar-refractivity contribution in [3.63, 3.8) is 0 Å². The van der Waals surface area contributed by atoms with E-state index in [-0.39, 0.29) is 0 Å². The summed E-state index contributed by atoms with van der Waals surface area (Å²) >= 11 is 1.85. The number of aryl methyl sites for hydroxylation is 1. The van der Waals surface area contributed by atoms with Gasteiger partial charge in [-0.05, 0) is 40.7 Å². The van der Waals surface area contributed by atoms with Crippen molar-refractivity contribution < 1.29 is 0 Å². The first-order chi connectivity index (χ1) is 9.51. The lowest BCUT2D eigenvalue weighted by atomic mass is 10.2. The van der Waals surface area contributed by atoms with Crippen LogP contribution >= 0.6 is 11.3 Å². The van der Waals surface area contributed by atoms with E-state index < -0.39 is 0 Å². The highest BCUT2D eigenvalue weighted by Gasteiger charge is 2.19. The summed E-state index contributed by atoms with van der Waals surface area (Å²) in [6, 6.07) is 0.913. The third-order valence-corrected chi connectivity index (χ3v) is 4.97. The highest BCUT2D eigenvalue weighted by molar-refractivity contribution is 7.15. The first-order valence-electron chi connectivity index (χ1n) is 7.98. The van der Waals surface area contributed by atoms with Crippen molar-refractivity contribution in [2.24, 2.45) is 0 Å². The zero-order valence-corrected chi connectivity index (χ0v) is 14.8. The molecule has 0 saturated heterocycles. The minimum Gasteiger partial charge on any atom is -0.346 e. The molecule has 0 amide bonds. The summed E-state index contributed by atoms with van der Waals surface area (Å²) in [4.78, 5) is 8.65. The quantitative estimate of drug-likeness (QED) is 0.679. The largest absolute Gasteiger partial charge is 0.346 e. The van der Waals surface area contributed by atoms with Crippen LogP contribution in [0.3, 0.4) is 0 Å². The highest BCUT2D eigenvalue weighted by Crippen LogP contribution is 2.31. The molecule has 1 aromatic heterocycles. The molecule has 1 rings (SSSR count). The summed E-state index contributed by atoms with van der Waals surface area (Å²) in [5, 5.41) is 4.68. The summed E-state index contributed by atoms with van der Waals surface area (Å²) in [5.41, 5.74) is 1.18. The maximum Gasteiger partial charge on any atom is 0.186 e. The van der Waals surface area contributed by atoms with Gasteiger partial charge in [0.25, 0.3) is 0 Å². The minimum atomic E-state index is 0.399. The molecule has 116 valence electrons. The number of nitrogens with zero attached hydrogens (tertiary/aromatic N) is 2. The zero-order valence-electron chi connectivity index (χ0n) is 14.0. The number of thiazole rings is 1. The first-order valence-corrected chi connectivity index (χ1v) is 8.80. The molecule has 0 saturated carbocycles.